The molecule has 1 unspecified atom stereocenters. The first-order valence-electron chi connectivity index (χ1n) is 5.62. The summed E-state index contributed by atoms with van der Waals surface area (Å²) in [5.74, 6) is 0. The minimum atomic E-state index is -1.59. The Balaban J connectivity index is 2.50. The zero-order valence-electron chi connectivity index (χ0n) is 10.1. The molecule has 1 rings (SSSR count). The fourth-order valence-electron chi connectivity index (χ4n) is 1.28. The molecule has 1 radical (unpaired) electrons. The first kappa shape index (κ1) is 13.4. The highest BCUT2D eigenvalue weighted by Crippen LogP contribution is 2.17. The van der Waals surface area contributed by atoms with Gasteiger partial charge in [-0.15, -0.1) is 0 Å². The van der Waals surface area contributed by atoms with Gasteiger partial charge in [0.15, 0.2) is 0 Å². The van der Waals surface area contributed by atoms with Gasteiger partial charge >= 0.3 is 9.53 Å². The van der Waals surface area contributed by atoms with Crippen molar-refractivity contribution < 1.29 is 13.3 Å². The lowest BCUT2D eigenvalue weighted by Gasteiger charge is -2.18. The van der Waals surface area contributed by atoms with Gasteiger partial charge in [-0.1, -0.05) is 30.3 Å². The highest BCUT2D eigenvalue weighted by molar-refractivity contribution is 6.36. The largest absolute Gasteiger partial charge is 0.578 e. The third-order valence-corrected chi connectivity index (χ3v) is 3.66. The molecule has 3 nitrogen and oxygen atoms in total. The quantitative estimate of drug-likeness (QED) is 0.685. The van der Waals surface area contributed by atoms with Gasteiger partial charge in [0.25, 0.3) is 0 Å². The summed E-state index contributed by atoms with van der Waals surface area (Å²) >= 11 is 0. The van der Waals surface area contributed by atoms with Gasteiger partial charge in [0.2, 0.25) is 0 Å². The van der Waals surface area contributed by atoms with Gasteiger partial charge < -0.3 is 13.3 Å². The predicted octanol–water partition coefficient (Wildman–Crippen LogP) is 2.82. The summed E-state index contributed by atoms with van der Waals surface area (Å²) in [6.07, 6.45) is 0.00758. The van der Waals surface area contributed by atoms with Gasteiger partial charge in [0.05, 0.1) is 6.10 Å². The zero-order chi connectivity index (χ0) is 11.8. The van der Waals surface area contributed by atoms with Crippen molar-refractivity contribution >= 4 is 9.53 Å². The Hall–Kier alpha value is -0.683. The minimum Gasteiger partial charge on any atom is -0.371 e. The standard InChI is InChI=1S/C12H19O3Si/c1-4-13-16(14-5-2)15-11(3)12-9-7-6-8-10-12/h6-11H,4-5H2,1-3H3. The van der Waals surface area contributed by atoms with Gasteiger partial charge in [-0.2, -0.15) is 0 Å². The van der Waals surface area contributed by atoms with Crippen molar-refractivity contribution in [1.82, 2.24) is 0 Å². The number of hydrogen-bond acceptors (Lipinski definition) is 3. The zero-order valence-corrected chi connectivity index (χ0v) is 11.1. The molecule has 0 spiro atoms. The fraction of sp³-hybridized carbons (Fsp3) is 0.500. The average molecular weight is 239 g/mol. The SMILES string of the molecule is CCO[Si](OCC)OC(C)c1ccccc1. The highest BCUT2D eigenvalue weighted by atomic mass is 28.3. The first-order valence-corrected chi connectivity index (χ1v) is 6.84. The number of rotatable bonds is 7. The number of benzene rings is 1. The van der Waals surface area contributed by atoms with Crippen LogP contribution in [0.4, 0.5) is 0 Å². The lowest BCUT2D eigenvalue weighted by atomic mass is 10.1. The van der Waals surface area contributed by atoms with Gasteiger partial charge in [0.1, 0.15) is 0 Å². The first-order chi connectivity index (χ1) is 7.77. The van der Waals surface area contributed by atoms with Crippen molar-refractivity contribution in [1.29, 1.82) is 0 Å². The van der Waals surface area contributed by atoms with Crippen LogP contribution in [0, 0.1) is 0 Å². The van der Waals surface area contributed by atoms with Crippen LogP contribution in [0.1, 0.15) is 32.4 Å². The van der Waals surface area contributed by atoms with Crippen LogP contribution in [0.15, 0.2) is 30.3 Å². The molecule has 0 bridgehead atoms. The van der Waals surface area contributed by atoms with E-state index >= 15 is 0 Å². The summed E-state index contributed by atoms with van der Waals surface area (Å²) in [4.78, 5) is 0. The van der Waals surface area contributed by atoms with Gasteiger partial charge in [-0.05, 0) is 26.3 Å². The Kier molecular flexibility index (Phi) is 6.33. The maximum atomic E-state index is 5.77. The summed E-state index contributed by atoms with van der Waals surface area (Å²) in [7, 11) is -1.59. The van der Waals surface area contributed by atoms with Crippen LogP contribution in [0.5, 0.6) is 0 Å². The molecule has 0 aliphatic heterocycles. The van der Waals surface area contributed by atoms with Crippen molar-refractivity contribution in [3.8, 4) is 0 Å². The van der Waals surface area contributed by atoms with E-state index in [9.17, 15) is 0 Å². The molecule has 0 fully saturated rings. The molecule has 1 aromatic rings. The third kappa shape index (κ3) is 4.45. The monoisotopic (exact) mass is 239 g/mol. The molecule has 4 heteroatoms. The molecule has 0 aromatic heterocycles. The second-order valence-electron chi connectivity index (χ2n) is 3.29. The van der Waals surface area contributed by atoms with E-state index in [-0.39, 0.29) is 6.10 Å². The van der Waals surface area contributed by atoms with Gasteiger partial charge in [-0.25, -0.2) is 0 Å². The van der Waals surface area contributed by atoms with Gasteiger partial charge in [0, 0.05) is 13.2 Å². The Morgan fingerprint density at radius 2 is 1.62 bits per heavy atom. The number of hydrogen-bond donors (Lipinski definition) is 0. The summed E-state index contributed by atoms with van der Waals surface area (Å²) in [6, 6.07) is 10.1. The van der Waals surface area contributed by atoms with E-state index in [1.165, 1.54) is 0 Å². The van der Waals surface area contributed by atoms with Crippen LogP contribution in [-0.4, -0.2) is 22.7 Å². The smallest absolute Gasteiger partial charge is 0.371 e. The fourth-order valence-corrected chi connectivity index (χ4v) is 2.40. The van der Waals surface area contributed by atoms with Crippen LogP contribution in [0.3, 0.4) is 0 Å². The predicted molar refractivity (Wildman–Crippen MR) is 64.9 cm³/mol. The van der Waals surface area contributed by atoms with E-state index in [2.05, 4.69) is 0 Å². The normalized spacial score (nSPS) is 13.0. The molecule has 0 amide bonds. The van der Waals surface area contributed by atoms with E-state index in [0.717, 1.165) is 5.56 Å². The van der Waals surface area contributed by atoms with E-state index in [4.69, 9.17) is 13.3 Å². The third-order valence-electron chi connectivity index (χ3n) is 2.07. The molecule has 0 saturated carbocycles. The Morgan fingerprint density at radius 1 is 1.06 bits per heavy atom. The molecular weight excluding hydrogens is 220 g/mol. The Bertz CT molecular complexity index is 273. The Morgan fingerprint density at radius 3 is 2.12 bits per heavy atom. The van der Waals surface area contributed by atoms with Gasteiger partial charge in [-0.3, -0.25) is 0 Å². The van der Waals surface area contributed by atoms with E-state index in [1.807, 2.05) is 51.1 Å². The molecule has 0 heterocycles. The topological polar surface area (TPSA) is 27.7 Å². The van der Waals surface area contributed by atoms with Crippen LogP contribution >= 0.6 is 0 Å². The molecule has 0 saturated heterocycles. The lowest BCUT2D eigenvalue weighted by molar-refractivity contribution is 0.0700. The maximum absolute atomic E-state index is 5.77. The van der Waals surface area contributed by atoms with Crippen LogP contribution in [-0.2, 0) is 13.3 Å². The van der Waals surface area contributed by atoms with Crippen molar-refractivity contribution in [3.05, 3.63) is 35.9 Å². The molecule has 1 aromatic carbocycles. The summed E-state index contributed by atoms with van der Waals surface area (Å²) in [5.41, 5.74) is 1.14. The summed E-state index contributed by atoms with van der Waals surface area (Å²) < 4.78 is 16.6. The lowest BCUT2D eigenvalue weighted by Crippen LogP contribution is -2.28. The Labute approximate surface area is 99.3 Å². The summed E-state index contributed by atoms with van der Waals surface area (Å²) in [6.45, 7) is 7.14. The maximum Gasteiger partial charge on any atom is 0.578 e. The van der Waals surface area contributed by atoms with E-state index in [0.29, 0.717) is 13.2 Å². The molecular formula is C12H19O3Si. The summed E-state index contributed by atoms with van der Waals surface area (Å²) in [5, 5.41) is 0. The van der Waals surface area contributed by atoms with Crippen molar-refractivity contribution in [2.24, 2.45) is 0 Å². The average Bonchev–Trinajstić information content (AvgIpc) is 2.31. The molecule has 1 atom stereocenters. The molecule has 0 N–H and O–H groups in total. The second-order valence-corrected chi connectivity index (χ2v) is 4.60. The van der Waals surface area contributed by atoms with Crippen molar-refractivity contribution in [3.63, 3.8) is 0 Å². The van der Waals surface area contributed by atoms with E-state index in [1.54, 1.807) is 0 Å². The van der Waals surface area contributed by atoms with E-state index < -0.39 is 9.53 Å². The molecule has 0 aliphatic rings. The van der Waals surface area contributed by atoms with Crippen molar-refractivity contribution in [2.75, 3.05) is 13.2 Å². The minimum absolute atomic E-state index is 0.00758. The van der Waals surface area contributed by atoms with Crippen LogP contribution in [0.25, 0.3) is 0 Å². The molecule has 0 aliphatic carbocycles. The van der Waals surface area contributed by atoms with Crippen molar-refractivity contribution in [2.45, 2.75) is 26.9 Å². The highest BCUT2D eigenvalue weighted by Gasteiger charge is 2.21. The van der Waals surface area contributed by atoms with Crippen LogP contribution < -0.4 is 0 Å². The second kappa shape index (κ2) is 7.57. The van der Waals surface area contributed by atoms with Crippen LogP contribution in [0.2, 0.25) is 0 Å². The molecule has 16 heavy (non-hydrogen) atoms. The molecule has 89 valence electrons.